The predicted molar refractivity (Wildman–Crippen MR) is 127 cm³/mol. The molecule has 2 aliphatic rings. The van der Waals surface area contributed by atoms with Crippen molar-refractivity contribution >= 4 is 5.52 Å². The van der Waals surface area contributed by atoms with Crippen molar-refractivity contribution in [3.63, 3.8) is 0 Å². The van der Waals surface area contributed by atoms with Gasteiger partial charge in [0, 0.05) is 23.5 Å². The van der Waals surface area contributed by atoms with Gasteiger partial charge in [-0.2, -0.15) is 15.3 Å². The molecule has 2 fully saturated rings. The molecular weight excluding hydrogens is 430 g/mol. The van der Waals surface area contributed by atoms with Gasteiger partial charge in [-0.25, -0.2) is 9.50 Å². The number of aromatic nitrogens is 7. The zero-order valence-electron chi connectivity index (χ0n) is 20.2. The summed E-state index contributed by atoms with van der Waals surface area (Å²) in [4.78, 5) is 5.03. The van der Waals surface area contributed by atoms with Crippen molar-refractivity contribution in [1.29, 1.82) is 0 Å². The average Bonchev–Trinajstić information content (AvgIpc) is 3.58. The van der Waals surface area contributed by atoms with Gasteiger partial charge in [-0.3, -0.25) is 9.36 Å². The molecule has 9 nitrogen and oxygen atoms in total. The number of fused-ring (bicyclic) bond motifs is 1. The molecule has 0 aromatic carbocycles. The molecule has 4 aromatic rings. The third kappa shape index (κ3) is 3.82. The third-order valence-electron chi connectivity index (χ3n) is 7.17. The highest BCUT2D eigenvalue weighted by atomic mass is 16.7. The van der Waals surface area contributed by atoms with Gasteiger partial charge in [-0.1, -0.05) is 20.3 Å². The largest absolute Gasteiger partial charge is 0.348 e. The Hall–Kier alpha value is -3.04. The number of hydrogen-bond donors (Lipinski definition) is 0. The number of rotatable bonds is 5. The minimum Gasteiger partial charge on any atom is -0.348 e. The van der Waals surface area contributed by atoms with Gasteiger partial charge < -0.3 is 9.47 Å². The molecule has 2 atom stereocenters. The molecule has 6 rings (SSSR count). The summed E-state index contributed by atoms with van der Waals surface area (Å²) in [5, 5.41) is 13.8. The minimum absolute atomic E-state index is 0.0226. The molecular formula is C25H31N7O2. The third-order valence-corrected chi connectivity index (χ3v) is 7.17. The van der Waals surface area contributed by atoms with E-state index in [1.165, 1.54) is 12.8 Å². The van der Waals surface area contributed by atoms with Crippen molar-refractivity contribution in [2.75, 3.05) is 6.61 Å². The zero-order valence-corrected chi connectivity index (χ0v) is 20.2. The summed E-state index contributed by atoms with van der Waals surface area (Å²) in [5.74, 6) is -0.541. The number of nitrogens with zero attached hydrogens (tertiary/aromatic N) is 7. The summed E-state index contributed by atoms with van der Waals surface area (Å²) >= 11 is 0. The van der Waals surface area contributed by atoms with Crippen molar-refractivity contribution in [3.05, 3.63) is 43.2 Å². The highest BCUT2D eigenvalue weighted by Gasteiger charge is 2.36. The molecule has 0 bridgehead atoms. The van der Waals surface area contributed by atoms with Crippen LogP contribution in [0.1, 0.15) is 53.0 Å². The van der Waals surface area contributed by atoms with Crippen molar-refractivity contribution in [2.45, 2.75) is 71.4 Å². The Bertz CT molecular complexity index is 1330. The van der Waals surface area contributed by atoms with Crippen LogP contribution < -0.4 is 0 Å². The van der Waals surface area contributed by atoms with Gasteiger partial charge in [0.1, 0.15) is 6.10 Å². The van der Waals surface area contributed by atoms with E-state index in [4.69, 9.17) is 19.6 Å². The van der Waals surface area contributed by atoms with E-state index in [1.807, 2.05) is 53.9 Å². The fraction of sp³-hybridized carbons (Fsp3) is 0.520. The normalized spacial score (nSPS) is 23.8. The maximum absolute atomic E-state index is 5.93. The smallest absolute Gasteiger partial charge is 0.163 e. The maximum atomic E-state index is 5.93. The van der Waals surface area contributed by atoms with Crippen LogP contribution in [0.4, 0.5) is 0 Å². The van der Waals surface area contributed by atoms with Crippen LogP contribution in [0.15, 0.2) is 43.2 Å². The van der Waals surface area contributed by atoms with Crippen molar-refractivity contribution in [1.82, 2.24) is 34.2 Å². The Morgan fingerprint density at radius 3 is 2.65 bits per heavy atom. The molecule has 9 heteroatoms. The van der Waals surface area contributed by atoms with Crippen LogP contribution in [-0.4, -0.2) is 52.7 Å². The summed E-state index contributed by atoms with van der Waals surface area (Å²) in [5.41, 5.74) is 4.83. The van der Waals surface area contributed by atoms with E-state index >= 15 is 0 Å². The van der Waals surface area contributed by atoms with E-state index in [1.54, 1.807) is 6.20 Å². The Morgan fingerprint density at radius 1 is 1.03 bits per heavy atom. The maximum Gasteiger partial charge on any atom is 0.163 e. The van der Waals surface area contributed by atoms with Crippen LogP contribution in [0.2, 0.25) is 0 Å². The van der Waals surface area contributed by atoms with Crippen LogP contribution >= 0.6 is 0 Å². The molecule has 0 N–H and O–H groups in total. The van der Waals surface area contributed by atoms with E-state index in [0.717, 1.165) is 34.5 Å². The molecule has 1 saturated heterocycles. The second-order valence-electron chi connectivity index (χ2n) is 10.6. The highest BCUT2D eigenvalue weighted by molar-refractivity contribution is 5.78. The van der Waals surface area contributed by atoms with E-state index in [9.17, 15) is 0 Å². The molecule has 0 radical (unpaired) electrons. The first-order valence-electron chi connectivity index (χ1n) is 12.0. The summed E-state index contributed by atoms with van der Waals surface area (Å²) < 4.78 is 17.5. The van der Waals surface area contributed by atoms with Crippen molar-refractivity contribution < 1.29 is 9.47 Å². The van der Waals surface area contributed by atoms with Gasteiger partial charge in [0.15, 0.2) is 5.79 Å². The van der Waals surface area contributed by atoms with E-state index in [0.29, 0.717) is 19.2 Å². The van der Waals surface area contributed by atoms with Gasteiger partial charge in [-0.05, 0) is 38.2 Å². The molecule has 34 heavy (non-hydrogen) atoms. The SMILES string of the molecule is CC1(C)OCC(Cn2cc(-c3cn4nccc4c(-c4cnn(C5CCCC5(C)C)c4)n3)cn2)O1. The topological polar surface area (TPSA) is 84.3 Å². The Morgan fingerprint density at radius 2 is 1.88 bits per heavy atom. The molecule has 1 saturated carbocycles. The van der Waals surface area contributed by atoms with Crippen molar-refractivity contribution in [3.8, 4) is 22.5 Å². The zero-order chi connectivity index (χ0) is 23.5. The second kappa shape index (κ2) is 7.74. The van der Waals surface area contributed by atoms with Gasteiger partial charge in [-0.15, -0.1) is 0 Å². The minimum atomic E-state index is -0.541. The van der Waals surface area contributed by atoms with Crippen LogP contribution in [0, 0.1) is 5.41 Å². The Labute approximate surface area is 198 Å². The van der Waals surface area contributed by atoms with Gasteiger partial charge >= 0.3 is 0 Å². The first-order chi connectivity index (χ1) is 16.3. The van der Waals surface area contributed by atoms with Crippen LogP contribution in [0.25, 0.3) is 28.0 Å². The molecule has 5 heterocycles. The molecule has 1 aliphatic carbocycles. The van der Waals surface area contributed by atoms with Gasteiger partial charge in [0.2, 0.25) is 0 Å². The lowest BCUT2D eigenvalue weighted by Gasteiger charge is -2.27. The van der Waals surface area contributed by atoms with Crippen LogP contribution in [0.5, 0.6) is 0 Å². The lowest BCUT2D eigenvalue weighted by molar-refractivity contribution is -0.139. The first-order valence-corrected chi connectivity index (χ1v) is 12.0. The fourth-order valence-electron chi connectivity index (χ4n) is 5.37. The quantitative estimate of drug-likeness (QED) is 0.439. The second-order valence-corrected chi connectivity index (χ2v) is 10.6. The summed E-state index contributed by atoms with van der Waals surface area (Å²) in [6.45, 7) is 9.73. The van der Waals surface area contributed by atoms with Crippen LogP contribution in [-0.2, 0) is 16.0 Å². The summed E-state index contributed by atoms with van der Waals surface area (Å²) in [6.07, 6.45) is 15.3. The lowest BCUT2D eigenvalue weighted by atomic mass is 9.87. The number of ether oxygens (including phenoxy) is 2. The predicted octanol–water partition coefficient (Wildman–Crippen LogP) is 4.36. The van der Waals surface area contributed by atoms with E-state index in [-0.39, 0.29) is 11.5 Å². The van der Waals surface area contributed by atoms with E-state index in [2.05, 4.69) is 34.9 Å². The monoisotopic (exact) mass is 461 g/mol. The fourth-order valence-corrected chi connectivity index (χ4v) is 5.37. The first kappa shape index (κ1) is 21.5. The standard InChI is InChI=1S/C25H31N7O2/c1-24(2)8-5-6-22(24)32-13-18(11-28-32)23-21-7-9-26-31(21)15-20(29-23)17-10-27-30(12-17)14-19-16-33-25(3,4)34-19/h7,9-13,15,19,22H,5-6,8,14,16H2,1-4H3. The molecule has 0 amide bonds. The Kier molecular flexibility index (Phi) is 4.90. The molecule has 0 spiro atoms. The molecule has 4 aromatic heterocycles. The average molecular weight is 462 g/mol. The lowest BCUT2D eigenvalue weighted by Crippen LogP contribution is -2.24. The summed E-state index contributed by atoms with van der Waals surface area (Å²) in [7, 11) is 0. The Balaban J connectivity index is 1.31. The molecule has 178 valence electrons. The van der Waals surface area contributed by atoms with Gasteiger partial charge in [0.05, 0.1) is 60.9 Å². The van der Waals surface area contributed by atoms with Crippen molar-refractivity contribution in [2.24, 2.45) is 5.41 Å². The molecule has 1 aliphatic heterocycles. The van der Waals surface area contributed by atoms with Crippen LogP contribution in [0.3, 0.4) is 0 Å². The highest BCUT2D eigenvalue weighted by Crippen LogP contribution is 2.45. The van der Waals surface area contributed by atoms with E-state index < -0.39 is 5.79 Å². The van der Waals surface area contributed by atoms with Gasteiger partial charge in [0.25, 0.3) is 0 Å². The number of hydrogen-bond acceptors (Lipinski definition) is 6. The molecule has 2 unspecified atom stereocenters. The summed E-state index contributed by atoms with van der Waals surface area (Å²) in [6, 6.07) is 2.40.